The first-order valence-electron chi connectivity index (χ1n) is 11.4. The molecule has 5 aromatic rings. The van der Waals surface area contributed by atoms with E-state index in [0.29, 0.717) is 5.56 Å². The Kier molecular flexibility index (Phi) is 9.36. The second-order valence-electron chi connectivity index (χ2n) is 7.79. The molecule has 0 bridgehead atoms. The zero-order valence-corrected chi connectivity index (χ0v) is 23.7. The van der Waals surface area contributed by atoms with Crippen LogP contribution in [0, 0.1) is 0 Å². The van der Waals surface area contributed by atoms with Gasteiger partial charge in [-0.25, -0.2) is 0 Å². The Morgan fingerprint density at radius 1 is 0.514 bits per heavy atom. The first kappa shape index (κ1) is 25.0. The minimum atomic E-state index is -1.98. The average molecular weight is 625 g/mol. The Labute approximate surface area is 222 Å². The first-order chi connectivity index (χ1) is 17.2. The molecule has 0 heterocycles. The summed E-state index contributed by atoms with van der Waals surface area (Å²) in [7, 11) is 0. The molecule has 0 saturated carbocycles. The Balaban J connectivity index is 0.000000168. The van der Waals surface area contributed by atoms with Crippen LogP contribution in [0.4, 0.5) is 5.69 Å². The van der Waals surface area contributed by atoms with Crippen molar-refractivity contribution in [2.45, 2.75) is 0 Å². The third kappa shape index (κ3) is 7.19. The molecule has 1 amide bonds. The maximum atomic E-state index is 11.9. The van der Waals surface area contributed by atoms with Crippen molar-refractivity contribution >= 4 is 62.6 Å². The number of para-hydroxylation sites is 1. The van der Waals surface area contributed by atoms with Crippen molar-refractivity contribution in [2.24, 2.45) is 0 Å². The van der Waals surface area contributed by atoms with E-state index in [2.05, 4.69) is 112 Å². The molecule has 0 saturated heterocycles. The molecular weight excluding hydrogens is 600 g/mol. The summed E-state index contributed by atoms with van der Waals surface area (Å²) >= 11 is 0.895. The van der Waals surface area contributed by atoms with Gasteiger partial charge in [-0.3, -0.25) is 0 Å². The summed E-state index contributed by atoms with van der Waals surface area (Å²) in [5.41, 5.74) is 1.46. The molecule has 0 aliphatic heterocycles. The van der Waals surface area contributed by atoms with E-state index in [1.807, 2.05) is 48.5 Å². The van der Waals surface area contributed by atoms with Crippen molar-refractivity contribution in [3.05, 3.63) is 151 Å². The van der Waals surface area contributed by atoms with Crippen molar-refractivity contribution < 1.29 is 4.79 Å². The Bertz CT molecular complexity index is 1240. The summed E-state index contributed by atoms with van der Waals surface area (Å²) < 4.78 is 5.45. The van der Waals surface area contributed by atoms with Crippen LogP contribution in [0.3, 0.4) is 0 Å². The number of carbonyl (C=O) groups is 1. The predicted octanol–water partition coefficient (Wildman–Crippen LogP) is 3.94. The van der Waals surface area contributed by atoms with Crippen molar-refractivity contribution in [1.82, 2.24) is 0 Å². The molecule has 0 fully saturated rings. The van der Waals surface area contributed by atoms with Gasteiger partial charge in [0.25, 0.3) is 0 Å². The molecule has 2 nitrogen and oxygen atoms in total. The van der Waals surface area contributed by atoms with Gasteiger partial charge >= 0.3 is 224 Å². The molecule has 0 aromatic heterocycles. The second-order valence-corrected chi connectivity index (χ2v) is 15.8. The number of carbonyl (C=O) groups excluding carboxylic acids is 1. The predicted molar refractivity (Wildman–Crippen MR) is 150 cm³/mol. The molecule has 0 spiro atoms. The number of anilines is 1. The van der Waals surface area contributed by atoms with E-state index in [4.69, 9.17) is 0 Å². The number of benzene rings is 5. The van der Waals surface area contributed by atoms with E-state index in [0.717, 1.165) is 10.1 Å². The molecule has 0 aliphatic carbocycles. The molecular formula is C31H25NOSeSn. The Hall–Kier alpha value is -3.11. The van der Waals surface area contributed by atoms with E-state index in [1.165, 1.54) is 10.7 Å². The van der Waals surface area contributed by atoms with Crippen LogP contribution in [0.2, 0.25) is 0 Å². The molecule has 35 heavy (non-hydrogen) atoms. The summed E-state index contributed by atoms with van der Waals surface area (Å²) in [6.45, 7) is 0. The van der Waals surface area contributed by atoms with Crippen LogP contribution in [0.5, 0.6) is 0 Å². The summed E-state index contributed by atoms with van der Waals surface area (Å²) in [4.78, 5) is 11.9. The third-order valence-electron chi connectivity index (χ3n) is 5.35. The van der Waals surface area contributed by atoms with Gasteiger partial charge in [-0.05, 0) is 0 Å². The van der Waals surface area contributed by atoms with E-state index in [1.54, 1.807) is 6.07 Å². The normalized spacial score (nSPS) is 10.2. The van der Waals surface area contributed by atoms with Gasteiger partial charge in [0, 0.05) is 0 Å². The summed E-state index contributed by atoms with van der Waals surface area (Å²) in [5, 5.41) is 2.84. The van der Waals surface area contributed by atoms with Crippen molar-refractivity contribution in [1.29, 1.82) is 0 Å². The quantitative estimate of drug-likeness (QED) is 0.295. The topological polar surface area (TPSA) is 29.1 Å². The van der Waals surface area contributed by atoms with E-state index in [-0.39, 0.29) is 5.91 Å². The fraction of sp³-hybridized carbons (Fsp3) is 0. The van der Waals surface area contributed by atoms with Crippen LogP contribution >= 0.6 is 0 Å². The number of nitrogens with one attached hydrogen (secondary N) is 1. The second kappa shape index (κ2) is 13.1. The molecule has 0 aliphatic rings. The van der Waals surface area contributed by atoms with Crippen molar-refractivity contribution in [2.75, 3.05) is 5.32 Å². The van der Waals surface area contributed by atoms with Crippen LogP contribution in [0.15, 0.2) is 146 Å². The van der Waals surface area contributed by atoms with Crippen LogP contribution in [-0.4, -0.2) is 41.7 Å². The van der Waals surface area contributed by atoms with Crippen LogP contribution in [-0.2, 0) is 0 Å². The number of hydrogen-bond donors (Lipinski definition) is 1. The van der Waals surface area contributed by atoms with Gasteiger partial charge in [-0.2, -0.15) is 0 Å². The average Bonchev–Trinajstić information content (AvgIpc) is 2.92. The molecule has 1 N–H and O–H groups in total. The molecule has 5 rings (SSSR count). The Morgan fingerprint density at radius 2 is 0.886 bits per heavy atom. The number of rotatable bonds is 5. The monoisotopic (exact) mass is 627 g/mol. The molecule has 5 aromatic carbocycles. The molecule has 2 radical (unpaired) electrons. The van der Waals surface area contributed by atoms with Gasteiger partial charge in [0.05, 0.1) is 0 Å². The van der Waals surface area contributed by atoms with Crippen molar-refractivity contribution in [3.63, 3.8) is 0 Å². The van der Waals surface area contributed by atoms with Gasteiger partial charge in [-0.1, -0.05) is 0 Å². The number of amides is 1. The van der Waals surface area contributed by atoms with Gasteiger partial charge in [0.1, 0.15) is 0 Å². The van der Waals surface area contributed by atoms with E-state index >= 15 is 0 Å². The number of hydrogen-bond acceptors (Lipinski definition) is 1. The SMILES string of the molecule is O=C(Nc1ccccc1)c1ccccc1[Se].c1cc[c]([Sn]([c]2ccccc2)[c]2ccccc2)cc1. The van der Waals surface area contributed by atoms with Crippen molar-refractivity contribution in [3.8, 4) is 0 Å². The molecule has 170 valence electrons. The zero-order valence-electron chi connectivity index (χ0n) is 19.2. The van der Waals surface area contributed by atoms with E-state index < -0.39 is 19.8 Å². The zero-order chi connectivity index (χ0) is 24.3. The fourth-order valence-electron chi connectivity index (χ4n) is 3.69. The maximum absolute atomic E-state index is 11.9. The third-order valence-corrected chi connectivity index (χ3v) is 13.9. The van der Waals surface area contributed by atoms with Gasteiger partial charge in [0.2, 0.25) is 0 Å². The summed E-state index contributed by atoms with van der Waals surface area (Å²) in [6, 6.07) is 49.8. The van der Waals surface area contributed by atoms with Crippen LogP contribution in [0.25, 0.3) is 0 Å². The Morgan fingerprint density at radius 3 is 1.31 bits per heavy atom. The molecule has 0 unspecified atom stereocenters. The van der Waals surface area contributed by atoms with Gasteiger partial charge in [0.15, 0.2) is 0 Å². The first-order valence-corrected chi connectivity index (χ1v) is 16.5. The van der Waals surface area contributed by atoms with Gasteiger partial charge in [-0.15, -0.1) is 0 Å². The fourth-order valence-corrected chi connectivity index (χ4v) is 11.5. The minimum absolute atomic E-state index is 0.0967. The summed E-state index contributed by atoms with van der Waals surface area (Å²) in [5.74, 6) is -0.0967. The summed E-state index contributed by atoms with van der Waals surface area (Å²) in [6.07, 6.45) is 0. The van der Waals surface area contributed by atoms with E-state index in [9.17, 15) is 4.79 Å². The van der Waals surface area contributed by atoms with Gasteiger partial charge < -0.3 is 0 Å². The standard InChI is InChI=1S/C13H10NOSe.3C6H5.Sn/c15-13(11-8-4-5-9-12(11)16)14-10-6-2-1-3-7-10;3*1-2-4-6-5-3-1;/h1-9H,(H,14,15);3*1-5H;. The van der Waals surface area contributed by atoms with Crippen LogP contribution in [0.1, 0.15) is 10.4 Å². The molecule has 4 heteroatoms. The van der Waals surface area contributed by atoms with Crippen LogP contribution < -0.4 is 20.5 Å². The molecule has 0 atom stereocenters.